The van der Waals surface area contributed by atoms with Gasteiger partial charge in [-0.05, 0) is 32.7 Å². The van der Waals surface area contributed by atoms with Gasteiger partial charge in [-0.15, -0.1) is 0 Å². The first-order chi connectivity index (χ1) is 9.53. The molecule has 0 saturated heterocycles. The Morgan fingerprint density at radius 3 is 3.05 bits per heavy atom. The van der Waals surface area contributed by atoms with Gasteiger partial charge in [0.1, 0.15) is 11.4 Å². The van der Waals surface area contributed by atoms with E-state index in [0.717, 1.165) is 44.8 Å². The van der Waals surface area contributed by atoms with Crippen molar-refractivity contribution in [1.82, 2.24) is 14.5 Å². The summed E-state index contributed by atoms with van der Waals surface area (Å²) in [6, 6.07) is 0. The number of ether oxygens (including phenoxy) is 1. The van der Waals surface area contributed by atoms with Crippen molar-refractivity contribution in [3.8, 4) is 0 Å². The first-order valence-corrected chi connectivity index (χ1v) is 7.12. The van der Waals surface area contributed by atoms with Crippen molar-refractivity contribution in [2.75, 3.05) is 20.2 Å². The molecule has 1 atom stereocenters. The highest BCUT2D eigenvalue weighted by Crippen LogP contribution is 2.15. The van der Waals surface area contributed by atoms with Gasteiger partial charge in [-0.1, -0.05) is 0 Å². The van der Waals surface area contributed by atoms with Crippen LogP contribution in [0.1, 0.15) is 32.0 Å². The Bertz CT molecular complexity index is 456. The number of nitrogens with zero attached hydrogens (tertiary/aromatic N) is 3. The number of esters is 1. The second-order valence-electron chi connectivity index (χ2n) is 5.68. The molecule has 6 heteroatoms. The third kappa shape index (κ3) is 3.58. The van der Waals surface area contributed by atoms with Crippen molar-refractivity contribution in [3.63, 3.8) is 0 Å². The van der Waals surface area contributed by atoms with Crippen molar-refractivity contribution >= 4 is 5.97 Å². The highest BCUT2D eigenvalue weighted by Gasteiger charge is 2.28. The Labute approximate surface area is 119 Å². The van der Waals surface area contributed by atoms with Gasteiger partial charge in [-0.25, -0.2) is 4.98 Å². The molecule has 1 aliphatic rings. The molecule has 0 aromatic carbocycles. The van der Waals surface area contributed by atoms with Crippen molar-refractivity contribution in [2.24, 2.45) is 5.73 Å². The van der Waals surface area contributed by atoms with E-state index in [4.69, 9.17) is 10.5 Å². The molecule has 6 nitrogen and oxygen atoms in total. The first-order valence-electron chi connectivity index (χ1n) is 7.12. The minimum Gasteiger partial charge on any atom is -0.468 e. The van der Waals surface area contributed by atoms with Crippen LogP contribution in [0, 0.1) is 0 Å². The summed E-state index contributed by atoms with van der Waals surface area (Å²) in [6.07, 6.45) is 6.50. The van der Waals surface area contributed by atoms with Crippen molar-refractivity contribution in [1.29, 1.82) is 0 Å². The monoisotopic (exact) mass is 280 g/mol. The molecule has 2 heterocycles. The molecule has 1 unspecified atom stereocenters. The maximum absolute atomic E-state index is 11.5. The van der Waals surface area contributed by atoms with Gasteiger partial charge in [-0.2, -0.15) is 0 Å². The average molecular weight is 280 g/mol. The summed E-state index contributed by atoms with van der Waals surface area (Å²) in [6.45, 7) is 5.72. The summed E-state index contributed by atoms with van der Waals surface area (Å²) < 4.78 is 6.91. The normalized spacial score (nSPS) is 18.4. The maximum atomic E-state index is 11.5. The van der Waals surface area contributed by atoms with Crippen LogP contribution in [0.25, 0.3) is 0 Å². The lowest BCUT2D eigenvalue weighted by atomic mass is 9.96. The molecule has 0 bridgehead atoms. The van der Waals surface area contributed by atoms with E-state index in [-0.39, 0.29) is 5.97 Å². The van der Waals surface area contributed by atoms with Gasteiger partial charge in [0.05, 0.1) is 13.7 Å². The topological polar surface area (TPSA) is 73.4 Å². The van der Waals surface area contributed by atoms with Crippen LogP contribution in [0.3, 0.4) is 0 Å². The van der Waals surface area contributed by atoms with Gasteiger partial charge < -0.3 is 15.0 Å². The van der Waals surface area contributed by atoms with E-state index < -0.39 is 5.54 Å². The molecule has 112 valence electrons. The van der Waals surface area contributed by atoms with Crippen molar-refractivity contribution in [3.05, 3.63) is 18.2 Å². The quantitative estimate of drug-likeness (QED) is 0.615. The van der Waals surface area contributed by atoms with Gasteiger partial charge in [0.15, 0.2) is 0 Å². The summed E-state index contributed by atoms with van der Waals surface area (Å²) in [5.74, 6) is 0.798. The molecule has 1 aliphatic heterocycles. The predicted molar refractivity (Wildman–Crippen MR) is 76.0 cm³/mol. The first kappa shape index (κ1) is 15.0. The largest absolute Gasteiger partial charge is 0.468 e. The third-order valence-electron chi connectivity index (χ3n) is 3.90. The third-order valence-corrected chi connectivity index (χ3v) is 3.90. The Balaban J connectivity index is 1.69. The van der Waals surface area contributed by atoms with Gasteiger partial charge in [0.2, 0.25) is 0 Å². The van der Waals surface area contributed by atoms with Crippen molar-refractivity contribution in [2.45, 2.75) is 44.8 Å². The predicted octanol–water partition coefficient (Wildman–Crippen LogP) is 0.759. The number of rotatable bonds is 6. The van der Waals surface area contributed by atoms with Crippen LogP contribution in [0.15, 0.2) is 12.4 Å². The van der Waals surface area contributed by atoms with Gasteiger partial charge in [0.25, 0.3) is 0 Å². The number of methoxy groups -OCH3 is 1. The van der Waals surface area contributed by atoms with E-state index >= 15 is 0 Å². The van der Waals surface area contributed by atoms with Crippen LogP contribution in [0.2, 0.25) is 0 Å². The second kappa shape index (κ2) is 6.37. The number of nitrogens with two attached hydrogens (primary N) is 1. The lowest BCUT2D eigenvalue weighted by Crippen LogP contribution is -2.45. The highest BCUT2D eigenvalue weighted by atomic mass is 16.5. The Kier molecular flexibility index (Phi) is 4.77. The lowest BCUT2D eigenvalue weighted by molar-refractivity contribution is -0.146. The molecular weight excluding hydrogens is 256 g/mol. The summed E-state index contributed by atoms with van der Waals surface area (Å²) in [7, 11) is 1.38. The zero-order chi connectivity index (χ0) is 14.6. The highest BCUT2D eigenvalue weighted by molar-refractivity contribution is 5.79. The van der Waals surface area contributed by atoms with E-state index in [1.54, 1.807) is 6.92 Å². The molecule has 0 amide bonds. The molecule has 0 spiro atoms. The van der Waals surface area contributed by atoms with Gasteiger partial charge in [0, 0.05) is 25.5 Å². The number of fused-ring (bicyclic) bond motifs is 1. The SMILES string of the molecule is COC(=O)C(C)(N)CCCCN1CCn2ccnc2C1. The Hall–Kier alpha value is -1.40. The van der Waals surface area contributed by atoms with E-state index in [2.05, 4.69) is 14.5 Å². The van der Waals surface area contributed by atoms with E-state index in [1.165, 1.54) is 7.11 Å². The summed E-state index contributed by atoms with van der Waals surface area (Å²) in [4.78, 5) is 18.2. The molecule has 0 radical (unpaired) electrons. The molecule has 2 rings (SSSR count). The number of aromatic nitrogens is 2. The minimum atomic E-state index is -0.868. The van der Waals surface area contributed by atoms with Crippen molar-refractivity contribution < 1.29 is 9.53 Å². The number of hydrogen-bond donors (Lipinski definition) is 1. The molecule has 1 aromatic rings. The Morgan fingerprint density at radius 2 is 2.30 bits per heavy atom. The number of unbranched alkanes of at least 4 members (excludes halogenated alkanes) is 1. The maximum Gasteiger partial charge on any atom is 0.325 e. The van der Waals surface area contributed by atoms with Crippen LogP contribution in [-0.4, -0.2) is 46.2 Å². The standard InChI is InChI=1S/C14H24N4O2/c1-14(15,13(19)20-2)5-3-4-7-17-9-10-18-8-6-16-12(18)11-17/h6,8H,3-5,7,9-11,15H2,1-2H3. The molecule has 2 N–H and O–H groups in total. The van der Waals surface area contributed by atoms with Gasteiger partial charge in [-0.3, -0.25) is 9.69 Å². The lowest BCUT2D eigenvalue weighted by Gasteiger charge is -2.28. The fourth-order valence-electron chi connectivity index (χ4n) is 2.58. The smallest absolute Gasteiger partial charge is 0.325 e. The zero-order valence-corrected chi connectivity index (χ0v) is 12.3. The number of carbonyl (C=O) groups excluding carboxylic acids is 1. The fourth-order valence-corrected chi connectivity index (χ4v) is 2.58. The summed E-state index contributed by atoms with van der Waals surface area (Å²) in [5.41, 5.74) is 5.07. The summed E-state index contributed by atoms with van der Waals surface area (Å²) in [5, 5.41) is 0. The number of hydrogen-bond acceptors (Lipinski definition) is 5. The van der Waals surface area contributed by atoms with Gasteiger partial charge >= 0.3 is 5.97 Å². The molecule has 0 fully saturated rings. The van der Waals surface area contributed by atoms with Crippen LogP contribution in [-0.2, 0) is 22.6 Å². The second-order valence-corrected chi connectivity index (χ2v) is 5.68. The van der Waals surface area contributed by atoms with Crippen LogP contribution < -0.4 is 5.73 Å². The number of imidazole rings is 1. The van der Waals surface area contributed by atoms with E-state index in [1.807, 2.05) is 12.4 Å². The van der Waals surface area contributed by atoms with Crippen LogP contribution >= 0.6 is 0 Å². The molecule has 0 aliphatic carbocycles. The minimum absolute atomic E-state index is 0.336. The van der Waals surface area contributed by atoms with Crippen LogP contribution in [0.5, 0.6) is 0 Å². The van der Waals surface area contributed by atoms with E-state index in [9.17, 15) is 4.79 Å². The van der Waals surface area contributed by atoms with Crippen LogP contribution in [0.4, 0.5) is 0 Å². The zero-order valence-electron chi connectivity index (χ0n) is 12.3. The average Bonchev–Trinajstić information content (AvgIpc) is 2.90. The molecule has 20 heavy (non-hydrogen) atoms. The Morgan fingerprint density at radius 1 is 1.50 bits per heavy atom. The molecular formula is C14H24N4O2. The fraction of sp³-hybridized carbons (Fsp3) is 0.714. The van der Waals surface area contributed by atoms with E-state index in [0.29, 0.717) is 6.42 Å². The summed E-state index contributed by atoms with van der Waals surface area (Å²) >= 11 is 0. The molecule has 1 aromatic heterocycles. The number of carbonyl (C=O) groups is 1. The molecule has 0 saturated carbocycles.